The zero-order valence-electron chi connectivity index (χ0n) is 15.4. The Bertz CT molecular complexity index is 977. The SMILES string of the molecule is CN(C)S(=O)(=O)c1ccc2c(c1)N(C(=O)c1cn[nH]c1C1CCNC1)CC2. The van der Waals surface area contributed by atoms with Crippen molar-refractivity contribution in [2.45, 2.75) is 23.7 Å². The summed E-state index contributed by atoms with van der Waals surface area (Å²) in [6.07, 6.45) is 3.25. The van der Waals surface area contributed by atoms with Crippen molar-refractivity contribution in [2.75, 3.05) is 38.6 Å². The molecule has 1 atom stereocenters. The minimum atomic E-state index is -3.55. The molecular formula is C18H23N5O3S. The number of aromatic nitrogens is 2. The molecule has 9 heteroatoms. The van der Waals surface area contributed by atoms with Gasteiger partial charge < -0.3 is 10.2 Å². The molecule has 2 N–H and O–H groups in total. The largest absolute Gasteiger partial charge is 0.316 e. The van der Waals surface area contributed by atoms with Crippen molar-refractivity contribution in [1.82, 2.24) is 19.8 Å². The number of hydrogen-bond donors (Lipinski definition) is 2. The van der Waals surface area contributed by atoms with Gasteiger partial charge in [-0.15, -0.1) is 0 Å². The van der Waals surface area contributed by atoms with Gasteiger partial charge in [-0.2, -0.15) is 5.10 Å². The molecule has 144 valence electrons. The van der Waals surface area contributed by atoms with E-state index in [1.807, 2.05) is 0 Å². The van der Waals surface area contributed by atoms with Crippen LogP contribution in [-0.4, -0.2) is 62.6 Å². The molecule has 2 aliphatic rings. The summed E-state index contributed by atoms with van der Waals surface area (Å²) in [6, 6.07) is 5.01. The number of benzene rings is 1. The number of aromatic amines is 1. The van der Waals surface area contributed by atoms with Crippen molar-refractivity contribution in [3.8, 4) is 0 Å². The van der Waals surface area contributed by atoms with Gasteiger partial charge in [0.15, 0.2) is 0 Å². The van der Waals surface area contributed by atoms with Gasteiger partial charge in [0.25, 0.3) is 5.91 Å². The number of carbonyl (C=O) groups excluding carboxylic acids is 1. The molecule has 1 aromatic heterocycles. The number of carbonyl (C=O) groups is 1. The van der Waals surface area contributed by atoms with Crippen molar-refractivity contribution < 1.29 is 13.2 Å². The third-order valence-electron chi connectivity index (χ3n) is 5.34. The maximum Gasteiger partial charge on any atom is 0.261 e. The fourth-order valence-electron chi connectivity index (χ4n) is 3.77. The summed E-state index contributed by atoms with van der Waals surface area (Å²) >= 11 is 0. The van der Waals surface area contributed by atoms with Gasteiger partial charge in [-0.05, 0) is 37.1 Å². The number of anilines is 1. The average Bonchev–Trinajstić information content (AvgIpc) is 3.39. The first-order valence-corrected chi connectivity index (χ1v) is 10.4. The summed E-state index contributed by atoms with van der Waals surface area (Å²) in [5.74, 6) is 0.109. The van der Waals surface area contributed by atoms with Gasteiger partial charge in [0.05, 0.1) is 22.3 Å². The minimum absolute atomic E-state index is 0.135. The van der Waals surface area contributed by atoms with Gasteiger partial charge in [0, 0.05) is 38.8 Å². The van der Waals surface area contributed by atoms with Crippen molar-refractivity contribution in [3.63, 3.8) is 0 Å². The lowest BCUT2D eigenvalue weighted by atomic mass is 10.0. The lowest BCUT2D eigenvalue weighted by Crippen LogP contribution is -2.30. The highest BCUT2D eigenvalue weighted by Gasteiger charge is 2.32. The topological polar surface area (TPSA) is 98.4 Å². The maximum atomic E-state index is 13.2. The molecule has 27 heavy (non-hydrogen) atoms. The van der Waals surface area contributed by atoms with Crippen LogP contribution < -0.4 is 10.2 Å². The molecule has 8 nitrogen and oxygen atoms in total. The quantitative estimate of drug-likeness (QED) is 0.811. The van der Waals surface area contributed by atoms with E-state index in [0.717, 1.165) is 30.8 Å². The summed E-state index contributed by atoms with van der Waals surface area (Å²) in [5, 5.41) is 10.4. The molecule has 1 aromatic carbocycles. The number of H-pyrrole nitrogens is 1. The van der Waals surface area contributed by atoms with E-state index in [-0.39, 0.29) is 16.7 Å². The van der Waals surface area contributed by atoms with E-state index in [2.05, 4.69) is 15.5 Å². The van der Waals surface area contributed by atoms with E-state index in [1.165, 1.54) is 18.4 Å². The van der Waals surface area contributed by atoms with Gasteiger partial charge in [-0.3, -0.25) is 9.89 Å². The maximum absolute atomic E-state index is 13.2. The summed E-state index contributed by atoms with van der Waals surface area (Å²) in [4.78, 5) is 15.1. The minimum Gasteiger partial charge on any atom is -0.316 e. The molecule has 1 unspecified atom stereocenters. The lowest BCUT2D eigenvalue weighted by molar-refractivity contribution is 0.0988. The zero-order chi connectivity index (χ0) is 19.2. The van der Waals surface area contributed by atoms with Crippen molar-refractivity contribution >= 4 is 21.6 Å². The number of hydrogen-bond acceptors (Lipinski definition) is 5. The first kappa shape index (κ1) is 18.1. The van der Waals surface area contributed by atoms with E-state index in [9.17, 15) is 13.2 Å². The van der Waals surface area contributed by atoms with Crippen molar-refractivity contribution in [3.05, 3.63) is 41.2 Å². The number of fused-ring (bicyclic) bond motifs is 1. The van der Waals surface area contributed by atoms with Crippen LogP contribution in [0.2, 0.25) is 0 Å². The molecular weight excluding hydrogens is 366 g/mol. The first-order chi connectivity index (χ1) is 12.9. The number of rotatable bonds is 4. The second-order valence-electron chi connectivity index (χ2n) is 7.17. The highest BCUT2D eigenvalue weighted by atomic mass is 32.2. The van der Waals surface area contributed by atoms with E-state index < -0.39 is 10.0 Å². The van der Waals surface area contributed by atoms with Crippen LogP contribution in [0.25, 0.3) is 0 Å². The Morgan fingerprint density at radius 2 is 2.15 bits per heavy atom. The van der Waals surface area contributed by atoms with Crippen LogP contribution in [0, 0.1) is 0 Å². The Balaban J connectivity index is 1.68. The first-order valence-electron chi connectivity index (χ1n) is 9.01. The predicted molar refractivity (Wildman–Crippen MR) is 102 cm³/mol. The fourth-order valence-corrected chi connectivity index (χ4v) is 4.69. The van der Waals surface area contributed by atoms with E-state index >= 15 is 0 Å². The number of sulfonamides is 1. The van der Waals surface area contributed by atoms with Gasteiger partial charge in [-0.1, -0.05) is 6.07 Å². The Kier molecular flexibility index (Phi) is 4.53. The second kappa shape index (κ2) is 6.74. The molecule has 1 saturated heterocycles. The highest BCUT2D eigenvalue weighted by Crippen LogP contribution is 2.33. The normalized spacial score (nSPS) is 19.7. The highest BCUT2D eigenvalue weighted by molar-refractivity contribution is 7.89. The van der Waals surface area contributed by atoms with Gasteiger partial charge >= 0.3 is 0 Å². The number of nitrogens with one attached hydrogen (secondary N) is 2. The molecule has 3 heterocycles. The number of nitrogens with zero attached hydrogens (tertiary/aromatic N) is 3. The van der Waals surface area contributed by atoms with Gasteiger partial charge in [0.1, 0.15) is 0 Å². The van der Waals surface area contributed by atoms with Crippen LogP contribution in [0.4, 0.5) is 5.69 Å². The monoisotopic (exact) mass is 389 g/mol. The smallest absolute Gasteiger partial charge is 0.261 e. The predicted octanol–water partition coefficient (Wildman–Crippen LogP) is 0.940. The van der Waals surface area contributed by atoms with E-state index in [0.29, 0.717) is 24.2 Å². The summed E-state index contributed by atoms with van der Waals surface area (Å²) in [5.41, 5.74) is 3.07. The third kappa shape index (κ3) is 3.05. The summed E-state index contributed by atoms with van der Waals surface area (Å²) in [6.45, 7) is 2.28. The average molecular weight is 389 g/mol. The van der Waals surface area contributed by atoms with E-state index in [1.54, 1.807) is 29.3 Å². The van der Waals surface area contributed by atoms with Crippen LogP contribution in [-0.2, 0) is 16.4 Å². The molecule has 2 aromatic rings. The standard InChI is InChI=1S/C18H23N5O3S/c1-22(2)27(25,26)14-4-3-12-6-8-23(16(12)9-14)18(24)15-11-20-21-17(15)13-5-7-19-10-13/h3-4,9,11,13,19H,5-8,10H2,1-2H3,(H,20,21). The fraction of sp³-hybridized carbons (Fsp3) is 0.444. The lowest BCUT2D eigenvalue weighted by Gasteiger charge is -2.20. The molecule has 2 aliphatic heterocycles. The molecule has 0 aliphatic carbocycles. The second-order valence-corrected chi connectivity index (χ2v) is 9.32. The van der Waals surface area contributed by atoms with Crippen LogP contribution >= 0.6 is 0 Å². The molecule has 0 radical (unpaired) electrons. The molecule has 0 saturated carbocycles. The third-order valence-corrected chi connectivity index (χ3v) is 7.15. The summed E-state index contributed by atoms with van der Waals surface area (Å²) in [7, 11) is -0.556. The number of amides is 1. The van der Waals surface area contributed by atoms with Crippen LogP contribution in [0.5, 0.6) is 0 Å². The molecule has 0 spiro atoms. The Morgan fingerprint density at radius 3 is 2.85 bits per heavy atom. The Hall–Kier alpha value is -2.23. The molecule has 1 fully saturated rings. The van der Waals surface area contributed by atoms with Crippen LogP contribution in [0.15, 0.2) is 29.3 Å². The van der Waals surface area contributed by atoms with Crippen molar-refractivity contribution in [2.24, 2.45) is 0 Å². The molecule has 1 amide bonds. The van der Waals surface area contributed by atoms with E-state index in [4.69, 9.17) is 0 Å². The van der Waals surface area contributed by atoms with Gasteiger partial charge in [-0.25, -0.2) is 12.7 Å². The van der Waals surface area contributed by atoms with Gasteiger partial charge in [0.2, 0.25) is 10.0 Å². The molecule has 0 bridgehead atoms. The Labute approximate surface area is 158 Å². The van der Waals surface area contributed by atoms with Crippen LogP contribution in [0.1, 0.15) is 34.0 Å². The van der Waals surface area contributed by atoms with Crippen molar-refractivity contribution in [1.29, 1.82) is 0 Å². The molecule has 4 rings (SSSR count). The Morgan fingerprint density at radius 1 is 1.33 bits per heavy atom. The summed E-state index contributed by atoms with van der Waals surface area (Å²) < 4.78 is 26.1. The zero-order valence-corrected chi connectivity index (χ0v) is 16.2. The van der Waals surface area contributed by atoms with Crippen LogP contribution in [0.3, 0.4) is 0 Å².